The SMILES string of the molecule is C[C@@H]1CC[C@@H](C(=O)NN)OC1. The number of amides is 1. The maximum absolute atomic E-state index is 10.9. The molecule has 4 heteroatoms. The normalized spacial score (nSPS) is 31.5. The molecule has 11 heavy (non-hydrogen) atoms. The van der Waals surface area contributed by atoms with Gasteiger partial charge in [0.15, 0.2) is 0 Å². The van der Waals surface area contributed by atoms with Crippen LogP contribution in [0.3, 0.4) is 0 Å². The van der Waals surface area contributed by atoms with Gasteiger partial charge in [0, 0.05) is 0 Å². The number of carbonyl (C=O) groups excluding carboxylic acids is 1. The third-order valence-corrected chi connectivity index (χ3v) is 1.94. The molecule has 1 rings (SSSR count). The van der Waals surface area contributed by atoms with E-state index in [1.54, 1.807) is 0 Å². The Hall–Kier alpha value is -0.610. The van der Waals surface area contributed by atoms with Gasteiger partial charge in [0.05, 0.1) is 6.61 Å². The van der Waals surface area contributed by atoms with E-state index in [0.717, 1.165) is 12.8 Å². The van der Waals surface area contributed by atoms with Crippen LogP contribution in [0.5, 0.6) is 0 Å². The summed E-state index contributed by atoms with van der Waals surface area (Å²) in [6.07, 6.45) is 1.50. The molecular formula is C7H14N2O2. The van der Waals surface area contributed by atoms with E-state index in [1.165, 1.54) is 0 Å². The Balaban J connectivity index is 2.33. The first-order valence-corrected chi connectivity index (χ1v) is 3.86. The predicted molar refractivity (Wildman–Crippen MR) is 40.5 cm³/mol. The van der Waals surface area contributed by atoms with Crippen LogP contribution in [-0.2, 0) is 9.53 Å². The molecule has 0 unspecified atom stereocenters. The van der Waals surface area contributed by atoms with E-state index in [9.17, 15) is 4.79 Å². The second kappa shape index (κ2) is 3.69. The number of hydrogen-bond donors (Lipinski definition) is 2. The van der Waals surface area contributed by atoms with Crippen molar-refractivity contribution >= 4 is 5.91 Å². The van der Waals surface area contributed by atoms with Crippen molar-refractivity contribution in [2.45, 2.75) is 25.9 Å². The van der Waals surface area contributed by atoms with Gasteiger partial charge in [0.1, 0.15) is 6.10 Å². The van der Waals surface area contributed by atoms with E-state index in [0.29, 0.717) is 12.5 Å². The van der Waals surface area contributed by atoms with Crippen LogP contribution in [-0.4, -0.2) is 18.6 Å². The van der Waals surface area contributed by atoms with Gasteiger partial charge in [-0.3, -0.25) is 10.2 Å². The molecule has 1 aliphatic heterocycles. The molecule has 0 aromatic rings. The molecule has 2 atom stereocenters. The fraction of sp³-hybridized carbons (Fsp3) is 0.857. The number of ether oxygens (including phenoxy) is 1. The van der Waals surface area contributed by atoms with Gasteiger partial charge in [-0.05, 0) is 18.8 Å². The van der Waals surface area contributed by atoms with Crippen molar-refractivity contribution in [3.63, 3.8) is 0 Å². The largest absolute Gasteiger partial charge is 0.368 e. The Morgan fingerprint density at radius 3 is 2.82 bits per heavy atom. The molecule has 0 aromatic heterocycles. The van der Waals surface area contributed by atoms with Gasteiger partial charge in [-0.15, -0.1) is 0 Å². The highest BCUT2D eigenvalue weighted by Gasteiger charge is 2.23. The highest BCUT2D eigenvalue weighted by molar-refractivity contribution is 5.80. The van der Waals surface area contributed by atoms with Crippen molar-refractivity contribution < 1.29 is 9.53 Å². The maximum Gasteiger partial charge on any atom is 0.262 e. The molecular weight excluding hydrogens is 144 g/mol. The lowest BCUT2D eigenvalue weighted by Crippen LogP contribution is -2.43. The van der Waals surface area contributed by atoms with Crippen molar-refractivity contribution in [1.29, 1.82) is 0 Å². The van der Waals surface area contributed by atoms with Crippen molar-refractivity contribution in [3.8, 4) is 0 Å². The van der Waals surface area contributed by atoms with Crippen LogP contribution < -0.4 is 11.3 Å². The fourth-order valence-electron chi connectivity index (χ4n) is 1.18. The van der Waals surface area contributed by atoms with Crippen molar-refractivity contribution in [1.82, 2.24) is 5.43 Å². The van der Waals surface area contributed by atoms with Crippen LogP contribution in [0.15, 0.2) is 0 Å². The van der Waals surface area contributed by atoms with E-state index in [-0.39, 0.29) is 12.0 Å². The molecule has 1 amide bonds. The molecule has 0 spiro atoms. The highest BCUT2D eigenvalue weighted by atomic mass is 16.5. The summed E-state index contributed by atoms with van der Waals surface area (Å²) >= 11 is 0. The molecule has 0 bridgehead atoms. The van der Waals surface area contributed by atoms with E-state index < -0.39 is 0 Å². The molecule has 0 aromatic carbocycles. The molecule has 0 radical (unpaired) electrons. The first-order valence-electron chi connectivity index (χ1n) is 3.86. The Morgan fingerprint density at radius 2 is 2.36 bits per heavy atom. The van der Waals surface area contributed by atoms with Crippen LogP contribution >= 0.6 is 0 Å². The number of hydrogen-bond acceptors (Lipinski definition) is 3. The van der Waals surface area contributed by atoms with Gasteiger partial charge in [0.2, 0.25) is 0 Å². The molecule has 4 nitrogen and oxygen atoms in total. The summed E-state index contributed by atoms with van der Waals surface area (Å²) in [5, 5.41) is 0. The third-order valence-electron chi connectivity index (χ3n) is 1.94. The Bertz CT molecular complexity index is 141. The minimum Gasteiger partial charge on any atom is -0.368 e. The second-order valence-corrected chi connectivity index (χ2v) is 3.01. The second-order valence-electron chi connectivity index (χ2n) is 3.01. The summed E-state index contributed by atoms with van der Waals surface area (Å²) in [7, 11) is 0. The Kier molecular flexibility index (Phi) is 2.84. The van der Waals surface area contributed by atoms with E-state index in [1.807, 2.05) is 0 Å². The highest BCUT2D eigenvalue weighted by Crippen LogP contribution is 2.17. The average molecular weight is 158 g/mol. The summed E-state index contributed by atoms with van der Waals surface area (Å²) in [6, 6.07) is 0. The van der Waals surface area contributed by atoms with Gasteiger partial charge in [-0.25, -0.2) is 5.84 Å². The standard InChI is InChI=1S/C7H14N2O2/c1-5-2-3-6(11-4-5)7(10)9-8/h5-6H,2-4,8H2,1H3,(H,9,10)/t5-,6+/m1/s1. The number of nitrogens with one attached hydrogen (secondary N) is 1. The van der Waals surface area contributed by atoms with Crippen LogP contribution in [0.4, 0.5) is 0 Å². The smallest absolute Gasteiger partial charge is 0.262 e. The lowest BCUT2D eigenvalue weighted by molar-refractivity contribution is -0.137. The average Bonchev–Trinajstić information content (AvgIpc) is 2.05. The van der Waals surface area contributed by atoms with Crippen LogP contribution in [0.1, 0.15) is 19.8 Å². The minimum atomic E-state index is -0.323. The lowest BCUT2D eigenvalue weighted by atomic mass is 10.0. The quantitative estimate of drug-likeness (QED) is 0.315. The van der Waals surface area contributed by atoms with Gasteiger partial charge >= 0.3 is 0 Å². The lowest BCUT2D eigenvalue weighted by Gasteiger charge is -2.25. The first kappa shape index (κ1) is 8.49. The van der Waals surface area contributed by atoms with E-state index in [2.05, 4.69) is 12.3 Å². The summed E-state index contributed by atoms with van der Waals surface area (Å²) in [5.41, 5.74) is 2.09. The summed E-state index contributed by atoms with van der Waals surface area (Å²) in [6.45, 7) is 2.77. The summed E-state index contributed by atoms with van der Waals surface area (Å²) in [5.74, 6) is 5.31. The molecule has 1 fully saturated rings. The molecule has 0 aliphatic carbocycles. The number of hydrazine groups is 1. The zero-order chi connectivity index (χ0) is 8.27. The zero-order valence-corrected chi connectivity index (χ0v) is 6.67. The van der Waals surface area contributed by atoms with Crippen molar-refractivity contribution in [2.24, 2.45) is 11.8 Å². The first-order chi connectivity index (χ1) is 5.24. The summed E-state index contributed by atoms with van der Waals surface area (Å²) < 4.78 is 5.25. The zero-order valence-electron chi connectivity index (χ0n) is 6.67. The molecule has 0 saturated carbocycles. The monoisotopic (exact) mass is 158 g/mol. The van der Waals surface area contributed by atoms with Crippen LogP contribution in [0.25, 0.3) is 0 Å². The maximum atomic E-state index is 10.9. The Morgan fingerprint density at radius 1 is 1.64 bits per heavy atom. The van der Waals surface area contributed by atoms with Crippen molar-refractivity contribution in [3.05, 3.63) is 0 Å². The Labute approximate surface area is 66.1 Å². The molecule has 1 heterocycles. The minimum absolute atomic E-state index is 0.211. The number of rotatable bonds is 1. The number of carbonyl (C=O) groups is 1. The van der Waals surface area contributed by atoms with E-state index in [4.69, 9.17) is 10.6 Å². The van der Waals surface area contributed by atoms with Gasteiger partial charge in [-0.1, -0.05) is 6.92 Å². The molecule has 3 N–H and O–H groups in total. The third kappa shape index (κ3) is 2.17. The van der Waals surface area contributed by atoms with Gasteiger partial charge < -0.3 is 4.74 Å². The van der Waals surface area contributed by atoms with Crippen LogP contribution in [0, 0.1) is 5.92 Å². The fourth-order valence-corrected chi connectivity index (χ4v) is 1.18. The van der Waals surface area contributed by atoms with Gasteiger partial charge in [0.25, 0.3) is 5.91 Å². The van der Waals surface area contributed by atoms with Crippen LogP contribution in [0.2, 0.25) is 0 Å². The predicted octanol–water partition coefficient (Wildman–Crippen LogP) is -0.209. The molecule has 1 saturated heterocycles. The summed E-state index contributed by atoms with van der Waals surface area (Å²) in [4.78, 5) is 10.9. The van der Waals surface area contributed by atoms with Crippen molar-refractivity contribution in [2.75, 3.05) is 6.61 Å². The molecule has 1 aliphatic rings. The number of nitrogens with two attached hydrogens (primary N) is 1. The van der Waals surface area contributed by atoms with E-state index >= 15 is 0 Å². The topological polar surface area (TPSA) is 64.4 Å². The molecule has 64 valence electrons. The van der Waals surface area contributed by atoms with Gasteiger partial charge in [-0.2, -0.15) is 0 Å².